The quantitative estimate of drug-likeness (QED) is 0.779. The summed E-state index contributed by atoms with van der Waals surface area (Å²) in [5, 5.41) is 4.58. The highest BCUT2D eigenvalue weighted by Crippen LogP contribution is 2.31. The highest BCUT2D eigenvalue weighted by molar-refractivity contribution is 5.86. The summed E-state index contributed by atoms with van der Waals surface area (Å²) in [6.45, 7) is 2.06. The fourth-order valence-electron chi connectivity index (χ4n) is 4.02. The van der Waals surface area contributed by atoms with Crippen LogP contribution in [0.4, 0.5) is 0 Å². The first kappa shape index (κ1) is 15.9. The molecule has 0 fully saturated rings. The van der Waals surface area contributed by atoms with E-state index in [1.807, 2.05) is 12.1 Å². The topological polar surface area (TPSA) is 34.0 Å². The summed E-state index contributed by atoms with van der Waals surface area (Å²) in [4.78, 5) is 12.4. The average Bonchev–Trinajstić information content (AvgIpc) is 2.90. The SMILES string of the molecule is Cc1ccc(CC(=O)NC2CCc3c(c4ccccc4n3C)C2)cc1. The van der Waals surface area contributed by atoms with E-state index in [1.165, 1.54) is 27.7 Å². The summed E-state index contributed by atoms with van der Waals surface area (Å²) in [6, 6.07) is 17.0. The minimum Gasteiger partial charge on any atom is -0.353 e. The van der Waals surface area contributed by atoms with E-state index in [1.54, 1.807) is 0 Å². The number of nitrogens with zero attached hydrogens (tertiary/aromatic N) is 1. The van der Waals surface area contributed by atoms with Crippen LogP contribution in [0.3, 0.4) is 0 Å². The Bertz CT molecular complexity index is 921. The van der Waals surface area contributed by atoms with Gasteiger partial charge in [0.2, 0.25) is 5.91 Å². The molecule has 1 aromatic heterocycles. The number of hydrogen-bond donors (Lipinski definition) is 1. The number of carbonyl (C=O) groups excluding carboxylic acids is 1. The summed E-state index contributed by atoms with van der Waals surface area (Å²) in [6.07, 6.45) is 3.42. The Morgan fingerprint density at radius 3 is 2.72 bits per heavy atom. The molecule has 1 N–H and O–H groups in total. The first-order chi connectivity index (χ1) is 12.1. The molecule has 3 nitrogen and oxygen atoms in total. The summed E-state index contributed by atoms with van der Waals surface area (Å²) in [5.41, 5.74) is 6.42. The van der Waals surface area contributed by atoms with Crippen molar-refractivity contribution in [2.45, 2.75) is 38.6 Å². The molecule has 1 amide bonds. The van der Waals surface area contributed by atoms with Gasteiger partial charge in [0.1, 0.15) is 0 Å². The minimum absolute atomic E-state index is 0.123. The molecule has 3 aromatic rings. The van der Waals surface area contributed by atoms with Gasteiger partial charge in [0, 0.05) is 29.7 Å². The second-order valence-electron chi connectivity index (χ2n) is 7.17. The van der Waals surface area contributed by atoms with Crippen molar-refractivity contribution >= 4 is 16.8 Å². The van der Waals surface area contributed by atoms with Gasteiger partial charge in [0.05, 0.1) is 6.42 Å². The zero-order valence-electron chi connectivity index (χ0n) is 14.9. The lowest BCUT2D eigenvalue weighted by Crippen LogP contribution is -2.39. The van der Waals surface area contributed by atoms with E-state index in [-0.39, 0.29) is 11.9 Å². The highest BCUT2D eigenvalue weighted by atomic mass is 16.1. The van der Waals surface area contributed by atoms with E-state index < -0.39 is 0 Å². The highest BCUT2D eigenvalue weighted by Gasteiger charge is 2.25. The molecule has 1 aliphatic carbocycles. The van der Waals surface area contributed by atoms with Crippen LogP contribution < -0.4 is 5.32 Å². The number of nitrogens with one attached hydrogen (secondary N) is 1. The van der Waals surface area contributed by atoms with Crippen LogP contribution >= 0.6 is 0 Å². The van der Waals surface area contributed by atoms with Gasteiger partial charge in [-0.05, 0) is 43.4 Å². The third-order valence-corrected chi connectivity index (χ3v) is 5.37. The molecule has 4 rings (SSSR count). The molecule has 0 aliphatic heterocycles. The molecule has 0 radical (unpaired) electrons. The first-order valence-electron chi connectivity index (χ1n) is 9.02. The number of para-hydroxylation sites is 1. The van der Waals surface area contributed by atoms with E-state index in [4.69, 9.17) is 0 Å². The van der Waals surface area contributed by atoms with Gasteiger partial charge in [0.25, 0.3) is 0 Å². The molecule has 128 valence electrons. The number of aryl methyl sites for hydroxylation is 2. The second kappa shape index (κ2) is 6.40. The van der Waals surface area contributed by atoms with Crippen molar-refractivity contribution in [2.24, 2.45) is 7.05 Å². The van der Waals surface area contributed by atoms with E-state index in [9.17, 15) is 4.79 Å². The van der Waals surface area contributed by atoms with Crippen LogP contribution in [0.25, 0.3) is 10.9 Å². The van der Waals surface area contributed by atoms with Crippen LogP contribution in [0.5, 0.6) is 0 Å². The maximum absolute atomic E-state index is 12.4. The fraction of sp³-hybridized carbons (Fsp3) is 0.318. The Morgan fingerprint density at radius 2 is 1.92 bits per heavy atom. The van der Waals surface area contributed by atoms with Gasteiger partial charge in [-0.3, -0.25) is 4.79 Å². The Hall–Kier alpha value is -2.55. The van der Waals surface area contributed by atoms with Gasteiger partial charge in [-0.15, -0.1) is 0 Å². The van der Waals surface area contributed by atoms with Gasteiger partial charge in [-0.25, -0.2) is 0 Å². The largest absolute Gasteiger partial charge is 0.353 e. The third-order valence-electron chi connectivity index (χ3n) is 5.37. The molecule has 0 saturated heterocycles. The van der Waals surface area contributed by atoms with E-state index >= 15 is 0 Å². The zero-order valence-corrected chi connectivity index (χ0v) is 14.9. The molecule has 1 heterocycles. The second-order valence-corrected chi connectivity index (χ2v) is 7.17. The number of hydrogen-bond acceptors (Lipinski definition) is 1. The molecule has 0 saturated carbocycles. The Kier molecular flexibility index (Phi) is 4.08. The Labute approximate surface area is 148 Å². The van der Waals surface area contributed by atoms with Gasteiger partial charge in [0.15, 0.2) is 0 Å². The molecule has 3 heteroatoms. The molecule has 1 atom stereocenters. The number of benzene rings is 2. The zero-order chi connectivity index (χ0) is 17.4. The average molecular weight is 332 g/mol. The van der Waals surface area contributed by atoms with Crippen molar-refractivity contribution in [1.29, 1.82) is 0 Å². The maximum atomic E-state index is 12.4. The van der Waals surface area contributed by atoms with Gasteiger partial charge >= 0.3 is 0 Å². The standard InChI is InChI=1S/C22H24N2O/c1-15-7-9-16(10-8-15)13-22(25)23-17-11-12-21-19(14-17)18-5-3-4-6-20(18)24(21)2/h3-10,17H,11-14H2,1-2H3,(H,23,25). The molecule has 2 aromatic carbocycles. The van der Waals surface area contributed by atoms with Crippen LogP contribution in [0.1, 0.15) is 28.8 Å². The molecular formula is C22H24N2O. The number of amides is 1. The number of aromatic nitrogens is 1. The lowest BCUT2D eigenvalue weighted by atomic mass is 9.91. The van der Waals surface area contributed by atoms with E-state index in [0.717, 1.165) is 24.8 Å². The molecule has 0 spiro atoms. The van der Waals surface area contributed by atoms with Crippen LogP contribution in [-0.4, -0.2) is 16.5 Å². The predicted octanol–water partition coefficient (Wildman–Crippen LogP) is 3.70. The van der Waals surface area contributed by atoms with Gasteiger partial charge < -0.3 is 9.88 Å². The predicted molar refractivity (Wildman–Crippen MR) is 102 cm³/mol. The van der Waals surface area contributed by atoms with E-state index in [2.05, 4.69) is 60.3 Å². The minimum atomic E-state index is 0.123. The molecule has 1 unspecified atom stereocenters. The summed E-state index contributed by atoms with van der Waals surface area (Å²) >= 11 is 0. The lowest BCUT2D eigenvalue weighted by molar-refractivity contribution is -0.121. The van der Waals surface area contributed by atoms with Crippen molar-refractivity contribution in [3.8, 4) is 0 Å². The number of fused-ring (bicyclic) bond motifs is 3. The van der Waals surface area contributed by atoms with Crippen molar-refractivity contribution in [2.75, 3.05) is 0 Å². The molecular weight excluding hydrogens is 308 g/mol. The fourth-order valence-corrected chi connectivity index (χ4v) is 4.02. The summed E-state index contributed by atoms with van der Waals surface area (Å²) in [5.74, 6) is 0.123. The Balaban J connectivity index is 1.48. The first-order valence-corrected chi connectivity index (χ1v) is 9.02. The summed E-state index contributed by atoms with van der Waals surface area (Å²) < 4.78 is 2.31. The van der Waals surface area contributed by atoms with Crippen molar-refractivity contribution in [3.05, 3.63) is 70.9 Å². The molecule has 25 heavy (non-hydrogen) atoms. The summed E-state index contributed by atoms with van der Waals surface area (Å²) in [7, 11) is 2.15. The van der Waals surface area contributed by atoms with Crippen molar-refractivity contribution in [3.63, 3.8) is 0 Å². The normalized spacial score (nSPS) is 16.6. The van der Waals surface area contributed by atoms with Crippen LogP contribution in [0.15, 0.2) is 48.5 Å². The van der Waals surface area contributed by atoms with Gasteiger partial charge in [-0.1, -0.05) is 48.0 Å². The number of rotatable bonds is 3. The molecule has 0 bridgehead atoms. The van der Waals surface area contributed by atoms with Crippen molar-refractivity contribution < 1.29 is 4.79 Å². The van der Waals surface area contributed by atoms with Crippen LogP contribution in [0, 0.1) is 6.92 Å². The lowest BCUT2D eigenvalue weighted by Gasteiger charge is -2.24. The van der Waals surface area contributed by atoms with Crippen LogP contribution in [0.2, 0.25) is 0 Å². The Morgan fingerprint density at radius 1 is 1.16 bits per heavy atom. The van der Waals surface area contributed by atoms with Crippen molar-refractivity contribution in [1.82, 2.24) is 9.88 Å². The monoisotopic (exact) mass is 332 g/mol. The van der Waals surface area contributed by atoms with E-state index in [0.29, 0.717) is 6.42 Å². The van der Waals surface area contributed by atoms with Gasteiger partial charge in [-0.2, -0.15) is 0 Å². The number of carbonyl (C=O) groups is 1. The smallest absolute Gasteiger partial charge is 0.224 e. The third kappa shape index (κ3) is 3.07. The maximum Gasteiger partial charge on any atom is 0.224 e. The molecule has 1 aliphatic rings. The van der Waals surface area contributed by atoms with Crippen LogP contribution in [-0.2, 0) is 31.1 Å².